The monoisotopic (exact) mass is 208 g/mol. The normalized spacial score (nSPS) is 16.6. The van der Waals surface area contributed by atoms with E-state index in [4.69, 9.17) is 5.26 Å². The van der Waals surface area contributed by atoms with Gasteiger partial charge in [0.25, 0.3) is 5.91 Å². The Morgan fingerprint density at radius 2 is 2.20 bits per heavy atom. The van der Waals surface area contributed by atoms with Gasteiger partial charge in [-0.25, -0.2) is 5.43 Å². The van der Waals surface area contributed by atoms with E-state index in [1.54, 1.807) is 12.1 Å². The van der Waals surface area contributed by atoms with Gasteiger partial charge in [0.05, 0.1) is 5.57 Å². The lowest BCUT2D eigenvalue weighted by Crippen LogP contribution is -2.46. The smallest absolute Gasteiger partial charge is 0.251 e. The van der Waals surface area contributed by atoms with Crippen molar-refractivity contribution in [1.82, 2.24) is 15.8 Å². The van der Waals surface area contributed by atoms with E-state index in [0.29, 0.717) is 17.8 Å². The fourth-order valence-corrected chi connectivity index (χ4v) is 1.48. The van der Waals surface area contributed by atoms with Crippen molar-refractivity contribution in [1.29, 1.82) is 5.26 Å². The summed E-state index contributed by atoms with van der Waals surface area (Å²) >= 11 is 0. The zero-order valence-electron chi connectivity index (χ0n) is 9.51. The van der Waals surface area contributed by atoms with Gasteiger partial charge >= 0.3 is 0 Å². The zero-order chi connectivity index (χ0) is 11.6. The lowest BCUT2D eigenvalue weighted by molar-refractivity contribution is -0.117. The number of rotatable bonds is 1. The third kappa shape index (κ3) is 2.10. The Balaban J connectivity index is 3.07. The van der Waals surface area contributed by atoms with Crippen LogP contribution in [0.15, 0.2) is 11.3 Å². The molecular formula is C10H16N4O. The maximum atomic E-state index is 11.5. The number of nitrogens with one attached hydrogen (secondary N) is 2. The quantitative estimate of drug-likeness (QED) is 0.642. The van der Waals surface area contributed by atoms with Crippen LogP contribution in [-0.4, -0.2) is 30.0 Å². The van der Waals surface area contributed by atoms with Crippen LogP contribution in [0.1, 0.15) is 20.8 Å². The maximum absolute atomic E-state index is 11.5. The highest BCUT2D eigenvalue weighted by atomic mass is 16.1. The molecule has 0 saturated heterocycles. The molecule has 5 heteroatoms. The van der Waals surface area contributed by atoms with Crippen molar-refractivity contribution >= 4 is 5.91 Å². The molecule has 0 saturated carbocycles. The number of carbonyl (C=O) groups excluding carboxylic acids is 1. The average Bonchev–Trinajstić information content (AvgIpc) is 2.59. The number of hydrazine groups is 1. The van der Waals surface area contributed by atoms with Crippen LogP contribution in [0.25, 0.3) is 0 Å². The minimum Gasteiger partial charge on any atom is -0.355 e. The summed E-state index contributed by atoms with van der Waals surface area (Å²) in [6.07, 6.45) is 0. The first-order valence-corrected chi connectivity index (χ1v) is 4.81. The highest BCUT2D eigenvalue weighted by molar-refractivity contribution is 5.95. The molecule has 0 aromatic heterocycles. The molecule has 1 rings (SSSR count). The van der Waals surface area contributed by atoms with Crippen molar-refractivity contribution < 1.29 is 4.79 Å². The Hall–Kier alpha value is -1.54. The van der Waals surface area contributed by atoms with E-state index in [2.05, 4.69) is 16.8 Å². The Morgan fingerprint density at radius 1 is 1.60 bits per heavy atom. The molecule has 0 atom stereocenters. The van der Waals surface area contributed by atoms with Crippen molar-refractivity contribution in [3.8, 4) is 6.07 Å². The summed E-state index contributed by atoms with van der Waals surface area (Å²) in [5.41, 5.74) is 3.72. The van der Waals surface area contributed by atoms with Crippen molar-refractivity contribution in [3.05, 3.63) is 11.3 Å². The average molecular weight is 208 g/mol. The van der Waals surface area contributed by atoms with Crippen LogP contribution in [-0.2, 0) is 4.79 Å². The number of nitrogens with zero attached hydrogens (tertiary/aromatic N) is 2. The van der Waals surface area contributed by atoms with Gasteiger partial charge in [-0.15, -0.1) is 0 Å². The Morgan fingerprint density at radius 3 is 2.60 bits per heavy atom. The fourth-order valence-electron chi connectivity index (χ4n) is 1.48. The van der Waals surface area contributed by atoms with Gasteiger partial charge in [-0.05, 0) is 20.8 Å². The third-order valence-corrected chi connectivity index (χ3v) is 2.20. The van der Waals surface area contributed by atoms with E-state index in [9.17, 15) is 4.79 Å². The number of allylic oxidation sites excluding steroid dienone is 1. The first kappa shape index (κ1) is 11.5. The number of amides is 1. The van der Waals surface area contributed by atoms with E-state index < -0.39 is 0 Å². The summed E-state index contributed by atoms with van der Waals surface area (Å²) < 4.78 is 0. The van der Waals surface area contributed by atoms with E-state index in [0.717, 1.165) is 0 Å². The summed E-state index contributed by atoms with van der Waals surface area (Å²) in [6.45, 7) is 6.33. The largest absolute Gasteiger partial charge is 0.355 e. The molecule has 2 N–H and O–H groups in total. The van der Waals surface area contributed by atoms with Gasteiger partial charge in [0, 0.05) is 19.1 Å². The maximum Gasteiger partial charge on any atom is 0.251 e. The number of nitriles is 1. The predicted octanol–water partition coefficient (Wildman–Crippen LogP) is 0.129. The van der Waals surface area contributed by atoms with Gasteiger partial charge in [0.2, 0.25) is 0 Å². The molecule has 0 fully saturated rings. The zero-order valence-corrected chi connectivity index (χ0v) is 9.51. The molecule has 1 amide bonds. The Kier molecular flexibility index (Phi) is 3.01. The van der Waals surface area contributed by atoms with E-state index >= 15 is 0 Å². The molecule has 0 spiro atoms. The number of hydrogen-bond acceptors (Lipinski definition) is 4. The van der Waals surface area contributed by atoms with Crippen molar-refractivity contribution in [2.45, 2.75) is 26.3 Å². The standard InChI is InChI=1S/C10H16N4O/c1-10(2,3)14-8(5-11)7(6-13-14)9(15)12-4/h13H,6H2,1-4H3,(H,12,15). The topological polar surface area (TPSA) is 68.2 Å². The van der Waals surface area contributed by atoms with Gasteiger partial charge in [-0.2, -0.15) is 5.26 Å². The molecule has 1 aliphatic heterocycles. The number of carbonyl (C=O) groups is 1. The van der Waals surface area contributed by atoms with Gasteiger partial charge in [-0.1, -0.05) is 0 Å². The number of hydrogen-bond donors (Lipinski definition) is 2. The second-order valence-corrected chi connectivity index (χ2v) is 4.36. The highest BCUT2D eigenvalue weighted by Gasteiger charge is 2.33. The van der Waals surface area contributed by atoms with Gasteiger partial charge in [0.15, 0.2) is 0 Å². The SMILES string of the molecule is CNC(=O)C1=C(C#N)N(C(C)(C)C)NC1. The van der Waals surface area contributed by atoms with Gasteiger partial charge in [-0.3, -0.25) is 9.80 Å². The van der Waals surface area contributed by atoms with E-state index in [1.807, 2.05) is 20.8 Å². The van der Waals surface area contributed by atoms with Crippen LogP contribution < -0.4 is 10.7 Å². The number of likely N-dealkylation sites (N-methyl/N-ethyl adjacent to an activating group) is 1. The fraction of sp³-hybridized carbons (Fsp3) is 0.600. The highest BCUT2D eigenvalue weighted by Crippen LogP contribution is 2.23. The molecule has 15 heavy (non-hydrogen) atoms. The third-order valence-electron chi connectivity index (χ3n) is 2.20. The van der Waals surface area contributed by atoms with Gasteiger partial charge in [0.1, 0.15) is 11.8 Å². The molecule has 1 heterocycles. The molecular weight excluding hydrogens is 192 g/mol. The lowest BCUT2D eigenvalue weighted by atomic mass is 10.1. The summed E-state index contributed by atoms with van der Waals surface area (Å²) in [6, 6.07) is 2.07. The molecule has 0 bridgehead atoms. The van der Waals surface area contributed by atoms with E-state index in [1.165, 1.54) is 0 Å². The predicted molar refractivity (Wildman–Crippen MR) is 56.3 cm³/mol. The van der Waals surface area contributed by atoms with Crippen molar-refractivity contribution in [3.63, 3.8) is 0 Å². The lowest BCUT2D eigenvalue weighted by Gasteiger charge is -2.33. The van der Waals surface area contributed by atoms with Crippen molar-refractivity contribution in [2.24, 2.45) is 0 Å². The molecule has 0 aliphatic carbocycles. The Labute approximate surface area is 89.7 Å². The Bertz CT molecular complexity index is 345. The molecule has 82 valence electrons. The molecule has 5 nitrogen and oxygen atoms in total. The summed E-state index contributed by atoms with van der Waals surface area (Å²) in [7, 11) is 1.56. The first-order valence-electron chi connectivity index (χ1n) is 4.81. The molecule has 0 radical (unpaired) electrons. The summed E-state index contributed by atoms with van der Waals surface area (Å²) in [5, 5.41) is 13.3. The van der Waals surface area contributed by atoms with Crippen LogP contribution >= 0.6 is 0 Å². The van der Waals surface area contributed by atoms with E-state index in [-0.39, 0.29) is 11.4 Å². The second-order valence-electron chi connectivity index (χ2n) is 4.36. The van der Waals surface area contributed by atoms with Crippen molar-refractivity contribution in [2.75, 3.05) is 13.6 Å². The summed E-state index contributed by atoms with van der Waals surface area (Å²) in [4.78, 5) is 11.5. The second kappa shape index (κ2) is 3.91. The van der Waals surface area contributed by atoms with Crippen LogP contribution in [0.2, 0.25) is 0 Å². The minimum atomic E-state index is -0.221. The van der Waals surface area contributed by atoms with Gasteiger partial charge < -0.3 is 5.32 Å². The van der Waals surface area contributed by atoms with Crippen LogP contribution in [0.5, 0.6) is 0 Å². The molecule has 0 unspecified atom stereocenters. The molecule has 1 aliphatic rings. The summed E-state index contributed by atoms with van der Waals surface area (Å²) in [5.74, 6) is -0.203. The molecule has 0 aromatic carbocycles. The van der Waals surface area contributed by atoms with Crippen LogP contribution in [0.3, 0.4) is 0 Å². The first-order chi connectivity index (χ1) is 6.91. The van der Waals surface area contributed by atoms with Crippen LogP contribution in [0, 0.1) is 11.3 Å². The van der Waals surface area contributed by atoms with Crippen LogP contribution in [0.4, 0.5) is 0 Å². The molecule has 0 aromatic rings. The minimum absolute atomic E-state index is 0.203.